The molecule has 0 radical (unpaired) electrons. The van der Waals surface area contributed by atoms with Gasteiger partial charge in [0, 0.05) is 22.2 Å². The monoisotopic (exact) mass is 545 g/mol. The van der Waals surface area contributed by atoms with Gasteiger partial charge in [0.2, 0.25) is 11.1 Å². The van der Waals surface area contributed by atoms with Crippen molar-refractivity contribution in [1.29, 1.82) is 0 Å². The number of fused-ring (bicyclic) bond motifs is 1. The molecule has 2 N–H and O–H groups in total. The van der Waals surface area contributed by atoms with Crippen LogP contribution in [0.4, 0.5) is 11.6 Å². The smallest absolute Gasteiger partial charge is 0.255 e. The van der Waals surface area contributed by atoms with Gasteiger partial charge in [0.15, 0.2) is 0 Å². The van der Waals surface area contributed by atoms with E-state index in [1.54, 1.807) is 11.8 Å². The van der Waals surface area contributed by atoms with E-state index in [4.69, 9.17) is 26.4 Å². The van der Waals surface area contributed by atoms with E-state index in [2.05, 4.69) is 16.7 Å². The molecular formula is C29H28ClN5O2S. The van der Waals surface area contributed by atoms with E-state index < -0.39 is 6.04 Å². The van der Waals surface area contributed by atoms with Gasteiger partial charge in [-0.15, -0.1) is 5.10 Å². The van der Waals surface area contributed by atoms with E-state index in [0.717, 1.165) is 39.4 Å². The molecule has 0 aliphatic carbocycles. The van der Waals surface area contributed by atoms with Crippen LogP contribution < -0.4 is 15.4 Å². The van der Waals surface area contributed by atoms with Crippen LogP contribution in [0, 0.1) is 13.8 Å². The van der Waals surface area contributed by atoms with E-state index in [-0.39, 0.29) is 5.91 Å². The molecule has 0 spiro atoms. The summed E-state index contributed by atoms with van der Waals surface area (Å²) in [5.41, 5.74) is 6.19. The summed E-state index contributed by atoms with van der Waals surface area (Å²) in [5, 5.41) is 12.5. The Labute approximate surface area is 231 Å². The Morgan fingerprint density at radius 3 is 2.61 bits per heavy atom. The third-order valence-corrected chi connectivity index (χ3v) is 7.54. The van der Waals surface area contributed by atoms with Crippen LogP contribution >= 0.6 is 23.4 Å². The molecule has 1 atom stereocenters. The fourth-order valence-corrected chi connectivity index (χ4v) is 5.48. The summed E-state index contributed by atoms with van der Waals surface area (Å²) in [6.07, 6.45) is 0. The predicted octanol–water partition coefficient (Wildman–Crippen LogP) is 6.78. The van der Waals surface area contributed by atoms with Crippen LogP contribution in [0.15, 0.2) is 83.2 Å². The highest BCUT2D eigenvalue weighted by Gasteiger charge is 2.34. The summed E-state index contributed by atoms with van der Waals surface area (Å²) >= 11 is 7.66. The maximum absolute atomic E-state index is 13.8. The quantitative estimate of drug-likeness (QED) is 0.249. The highest BCUT2D eigenvalue weighted by Crippen LogP contribution is 2.37. The van der Waals surface area contributed by atoms with Crippen molar-refractivity contribution in [3.63, 3.8) is 0 Å². The number of ether oxygens (including phenoxy) is 1. The maximum atomic E-state index is 13.8. The van der Waals surface area contributed by atoms with Crippen molar-refractivity contribution >= 4 is 40.9 Å². The Bertz CT molecular complexity index is 1530. The second-order valence-corrected chi connectivity index (χ2v) is 10.6. The Balaban J connectivity index is 1.49. The minimum atomic E-state index is -0.476. The number of hydrogen-bond donors (Lipinski definition) is 2. The average Bonchev–Trinajstić information content (AvgIpc) is 3.30. The number of benzene rings is 3. The number of nitrogens with zero attached hydrogens (tertiary/aromatic N) is 3. The molecule has 1 aliphatic heterocycles. The van der Waals surface area contributed by atoms with Crippen molar-refractivity contribution in [2.75, 3.05) is 17.7 Å². The number of carbonyl (C=O) groups is 1. The van der Waals surface area contributed by atoms with Gasteiger partial charge in [0.1, 0.15) is 11.8 Å². The summed E-state index contributed by atoms with van der Waals surface area (Å²) < 4.78 is 7.14. The second-order valence-electron chi connectivity index (χ2n) is 9.19. The van der Waals surface area contributed by atoms with Crippen LogP contribution in [0.3, 0.4) is 0 Å². The van der Waals surface area contributed by atoms with Gasteiger partial charge in [-0.2, -0.15) is 4.98 Å². The van der Waals surface area contributed by atoms with Gasteiger partial charge in [-0.3, -0.25) is 4.79 Å². The summed E-state index contributed by atoms with van der Waals surface area (Å²) in [7, 11) is 1.63. The minimum absolute atomic E-state index is 0.197. The van der Waals surface area contributed by atoms with Gasteiger partial charge in [-0.25, -0.2) is 4.68 Å². The van der Waals surface area contributed by atoms with Crippen molar-refractivity contribution in [3.8, 4) is 5.75 Å². The summed E-state index contributed by atoms with van der Waals surface area (Å²) in [4.78, 5) is 18.5. The average molecular weight is 546 g/mol. The molecule has 3 aromatic carbocycles. The van der Waals surface area contributed by atoms with Crippen molar-refractivity contribution in [3.05, 3.63) is 105 Å². The van der Waals surface area contributed by atoms with Gasteiger partial charge in [-0.1, -0.05) is 65.3 Å². The zero-order valence-electron chi connectivity index (χ0n) is 21.6. The number of amides is 1. The van der Waals surface area contributed by atoms with Gasteiger partial charge in [-0.05, 0) is 67.8 Å². The number of halogens is 1. The van der Waals surface area contributed by atoms with Gasteiger partial charge >= 0.3 is 0 Å². The number of aryl methyl sites for hydroxylation is 2. The molecule has 194 valence electrons. The first-order valence-corrected chi connectivity index (χ1v) is 13.5. The van der Waals surface area contributed by atoms with E-state index >= 15 is 0 Å². The van der Waals surface area contributed by atoms with Crippen molar-refractivity contribution in [2.45, 2.75) is 37.7 Å². The standard InChI is InChI=1S/C29H28ClN5O2S/c1-17-8-13-24(18(2)14-17)32-27(36)25-19(3)31-28-33-29(38-16-20-6-5-7-22(30)15-20)34-35(28)26(25)21-9-11-23(37-4)12-10-21/h5-15,26H,16H2,1-4H3,(H,32,36)(H,31,33,34)/t26-/m1/s1. The largest absolute Gasteiger partial charge is 0.497 e. The summed E-state index contributed by atoms with van der Waals surface area (Å²) in [6.45, 7) is 5.91. The van der Waals surface area contributed by atoms with Gasteiger partial charge in [0.05, 0.1) is 12.7 Å². The van der Waals surface area contributed by atoms with Crippen LogP contribution in [0.1, 0.15) is 35.2 Å². The van der Waals surface area contributed by atoms with E-state index in [9.17, 15) is 4.79 Å². The summed E-state index contributed by atoms with van der Waals surface area (Å²) in [5.74, 6) is 1.79. The molecule has 4 aromatic rings. The molecule has 1 aromatic heterocycles. The topological polar surface area (TPSA) is 81.1 Å². The van der Waals surface area contributed by atoms with Crippen LogP contribution in [-0.2, 0) is 10.5 Å². The number of nitrogens with one attached hydrogen (secondary N) is 2. The first kappa shape index (κ1) is 25.9. The molecule has 7 nitrogen and oxygen atoms in total. The Kier molecular flexibility index (Phi) is 7.44. The van der Waals surface area contributed by atoms with E-state index in [1.807, 2.05) is 81.4 Å². The Morgan fingerprint density at radius 1 is 1.11 bits per heavy atom. The lowest BCUT2D eigenvalue weighted by Gasteiger charge is -2.29. The number of thioether (sulfide) groups is 1. The predicted molar refractivity (Wildman–Crippen MR) is 153 cm³/mol. The fourth-order valence-electron chi connectivity index (χ4n) is 4.50. The number of methoxy groups -OCH3 is 1. The van der Waals surface area contributed by atoms with Crippen molar-refractivity contribution in [1.82, 2.24) is 14.8 Å². The summed E-state index contributed by atoms with van der Waals surface area (Å²) in [6, 6.07) is 20.9. The highest BCUT2D eigenvalue weighted by atomic mass is 35.5. The molecule has 0 fully saturated rings. The Hall–Kier alpha value is -3.75. The van der Waals surface area contributed by atoms with E-state index in [1.165, 1.54) is 11.8 Å². The minimum Gasteiger partial charge on any atom is -0.497 e. The number of hydrogen-bond acceptors (Lipinski definition) is 6. The normalized spacial score (nSPS) is 14.6. The molecule has 5 rings (SSSR count). The molecule has 1 aliphatic rings. The van der Waals surface area contributed by atoms with Crippen LogP contribution in [0.25, 0.3) is 0 Å². The first-order valence-electron chi connectivity index (χ1n) is 12.2. The number of allylic oxidation sites excluding steroid dienone is 1. The number of carbonyl (C=O) groups excluding carboxylic acids is 1. The number of aromatic nitrogens is 3. The third kappa shape index (κ3) is 5.42. The first-order chi connectivity index (χ1) is 18.3. The lowest BCUT2D eigenvalue weighted by Crippen LogP contribution is -2.31. The second kappa shape index (κ2) is 10.9. The maximum Gasteiger partial charge on any atom is 0.255 e. The highest BCUT2D eigenvalue weighted by molar-refractivity contribution is 7.98. The fraction of sp³-hybridized carbons (Fsp3) is 0.207. The van der Waals surface area contributed by atoms with Crippen LogP contribution in [0.5, 0.6) is 5.75 Å². The lowest BCUT2D eigenvalue weighted by molar-refractivity contribution is -0.113. The molecule has 0 saturated heterocycles. The molecule has 2 heterocycles. The third-order valence-electron chi connectivity index (χ3n) is 6.40. The number of rotatable bonds is 7. The van der Waals surface area contributed by atoms with Crippen LogP contribution in [-0.4, -0.2) is 27.8 Å². The molecule has 0 bridgehead atoms. The van der Waals surface area contributed by atoms with E-state index in [0.29, 0.717) is 27.5 Å². The molecule has 38 heavy (non-hydrogen) atoms. The zero-order valence-corrected chi connectivity index (χ0v) is 23.2. The lowest BCUT2D eigenvalue weighted by atomic mass is 9.94. The Morgan fingerprint density at radius 2 is 1.89 bits per heavy atom. The van der Waals surface area contributed by atoms with Crippen molar-refractivity contribution < 1.29 is 9.53 Å². The molecule has 0 saturated carbocycles. The molecular weight excluding hydrogens is 518 g/mol. The van der Waals surface area contributed by atoms with Gasteiger partial charge < -0.3 is 15.4 Å². The van der Waals surface area contributed by atoms with Gasteiger partial charge in [0.25, 0.3) is 5.91 Å². The van der Waals surface area contributed by atoms with Crippen molar-refractivity contribution in [2.24, 2.45) is 0 Å². The zero-order chi connectivity index (χ0) is 26.8. The molecule has 1 amide bonds. The number of anilines is 2. The van der Waals surface area contributed by atoms with Crippen LogP contribution in [0.2, 0.25) is 5.02 Å². The SMILES string of the molecule is COc1ccc([C@@H]2C(C(=O)Nc3ccc(C)cc3C)=C(C)Nc3nc(SCc4cccc(Cl)c4)nn32)cc1. The molecule has 0 unspecified atom stereocenters. The molecule has 9 heteroatoms.